The molecule has 0 saturated heterocycles. The molecule has 0 fully saturated rings. The third-order valence-electron chi connectivity index (χ3n) is 4.23. The Morgan fingerprint density at radius 1 is 1.28 bits per heavy atom. The van der Waals surface area contributed by atoms with E-state index in [2.05, 4.69) is 10.1 Å². The fourth-order valence-corrected chi connectivity index (χ4v) is 2.80. The van der Waals surface area contributed by atoms with E-state index in [4.69, 9.17) is 15.2 Å². The average molecular weight is 395 g/mol. The van der Waals surface area contributed by atoms with E-state index in [9.17, 15) is 10.1 Å². The molecule has 9 heteroatoms. The van der Waals surface area contributed by atoms with Crippen molar-refractivity contribution in [3.05, 3.63) is 75.1 Å². The third-order valence-corrected chi connectivity index (χ3v) is 4.23. The van der Waals surface area contributed by atoms with Crippen LogP contribution in [-0.4, -0.2) is 27.9 Å². The van der Waals surface area contributed by atoms with Gasteiger partial charge in [0.15, 0.2) is 0 Å². The van der Waals surface area contributed by atoms with Gasteiger partial charge in [0.2, 0.25) is 5.95 Å². The highest BCUT2D eigenvalue weighted by Crippen LogP contribution is 2.26. The molecule has 29 heavy (non-hydrogen) atoms. The zero-order valence-corrected chi connectivity index (χ0v) is 16.3. The molecule has 3 aromatic rings. The number of nitrogens with two attached hydrogens (primary N) is 1. The van der Waals surface area contributed by atoms with Crippen LogP contribution in [0.3, 0.4) is 0 Å². The normalized spacial score (nSPS) is 11.0. The number of hydrogen-bond donors (Lipinski definition) is 1. The third kappa shape index (κ3) is 4.70. The minimum atomic E-state index is -0.417. The number of nitrogen functional groups attached to an aromatic ring is 1. The number of aromatic nitrogens is 2. The summed E-state index contributed by atoms with van der Waals surface area (Å²) in [7, 11) is 1.58. The first-order valence-corrected chi connectivity index (χ1v) is 8.78. The molecular weight excluding hydrogens is 374 g/mol. The van der Waals surface area contributed by atoms with Crippen LogP contribution in [0.4, 0.5) is 11.6 Å². The van der Waals surface area contributed by atoms with E-state index in [1.54, 1.807) is 38.6 Å². The molecule has 150 valence electrons. The molecule has 0 aliphatic rings. The van der Waals surface area contributed by atoms with Crippen molar-refractivity contribution < 1.29 is 14.4 Å². The standard InChI is InChI=1S/C20H21N5O4/c1-13-8-17(5-6-18(13)25(26)27)29-12-16-9-15(4-7-19(16)28-3)10-22-24-11-14(2)23-20(24)21/h4-11H,12H2,1-3H3,(H2,21,23). The molecule has 0 saturated carbocycles. The predicted octanol–water partition coefficient (Wildman–Crippen LogP) is 3.46. The maximum Gasteiger partial charge on any atom is 0.272 e. The summed E-state index contributed by atoms with van der Waals surface area (Å²) in [6, 6.07) is 10.2. The summed E-state index contributed by atoms with van der Waals surface area (Å²) in [5.41, 5.74) is 8.80. The second kappa shape index (κ2) is 8.42. The number of imidazole rings is 1. The summed E-state index contributed by atoms with van der Waals surface area (Å²) in [6.07, 6.45) is 3.40. The van der Waals surface area contributed by atoms with Crippen LogP contribution in [0, 0.1) is 24.0 Å². The second-order valence-electron chi connectivity index (χ2n) is 6.39. The predicted molar refractivity (Wildman–Crippen MR) is 110 cm³/mol. The van der Waals surface area contributed by atoms with Gasteiger partial charge in [-0.25, -0.2) is 9.66 Å². The number of rotatable bonds is 7. The van der Waals surface area contributed by atoms with Gasteiger partial charge in [0.1, 0.15) is 18.1 Å². The topological polar surface area (TPSA) is 118 Å². The van der Waals surface area contributed by atoms with E-state index in [-0.39, 0.29) is 12.3 Å². The molecule has 0 atom stereocenters. The van der Waals surface area contributed by atoms with Crippen molar-refractivity contribution in [2.75, 3.05) is 12.8 Å². The molecule has 2 N–H and O–H groups in total. The summed E-state index contributed by atoms with van der Waals surface area (Å²) in [5, 5.41) is 15.3. The lowest BCUT2D eigenvalue weighted by atomic mass is 10.1. The van der Waals surface area contributed by atoms with Crippen LogP contribution in [0.2, 0.25) is 0 Å². The summed E-state index contributed by atoms with van der Waals surface area (Å²) in [5.74, 6) is 1.51. The van der Waals surface area contributed by atoms with Gasteiger partial charge in [-0.1, -0.05) is 0 Å². The summed E-state index contributed by atoms with van der Waals surface area (Å²) < 4.78 is 12.7. The van der Waals surface area contributed by atoms with Crippen molar-refractivity contribution >= 4 is 17.9 Å². The Morgan fingerprint density at radius 2 is 2.07 bits per heavy atom. The minimum absolute atomic E-state index is 0.0575. The number of nitrogens with zero attached hydrogens (tertiary/aromatic N) is 4. The lowest BCUT2D eigenvalue weighted by Gasteiger charge is -2.11. The van der Waals surface area contributed by atoms with Crippen LogP contribution in [0.5, 0.6) is 11.5 Å². The molecule has 2 aromatic carbocycles. The molecule has 1 heterocycles. The Balaban J connectivity index is 1.78. The number of hydrogen-bond acceptors (Lipinski definition) is 7. The van der Waals surface area contributed by atoms with Gasteiger partial charge in [0, 0.05) is 17.2 Å². The van der Waals surface area contributed by atoms with E-state index in [1.165, 1.54) is 10.7 Å². The van der Waals surface area contributed by atoms with Gasteiger partial charge in [-0.3, -0.25) is 10.1 Å². The SMILES string of the molecule is COc1ccc(C=Nn2cc(C)nc2N)cc1COc1ccc([N+](=O)[O-])c(C)c1. The van der Waals surface area contributed by atoms with Crippen LogP contribution in [0.15, 0.2) is 47.7 Å². The molecule has 0 spiro atoms. The highest BCUT2D eigenvalue weighted by molar-refractivity contribution is 5.80. The number of benzene rings is 2. The minimum Gasteiger partial charge on any atom is -0.496 e. The molecule has 9 nitrogen and oxygen atoms in total. The number of anilines is 1. The van der Waals surface area contributed by atoms with Gasteiger partial charge in [-0.2, -0.15) is 5.10 Å². The van der Waals surface area contributed by atoms with Crippen LogP contribution >= 0.6 is 0 Å². The maximum atomic E-state index is 10.9. The van der Waals surface area contributed by atoms with Crippen molar-refractivity contribution in [2.24, 2.45) is 5.10 Å². The van der Waals surface area contributed by atoms with E-state index in [1.807, 2.05) is 25.1 Å². The van der Waals surface area contributed by atoms with E-state index in [0.717, 1.165) is 16.8 Å². The molecule has 0 aliphatic heterocycles. The van der Waals surface area contributed by atoms with E-state index >= 15 is 0 Å². The van der Waals surface area contributed by atoms with Gasteiger partial charge < -0.3 is 15.2 Å². The molecule has 0 unspecified atom stereocenters. The first-order valence-electron chi connectivity index (χ1n) is 8.78. The van der Waals surface area contributed by atoms with E-state index in [0.29, 0.717) is 23.0 Å². The van der Waals surface area contributed by atoms with Crippen molar-refractivity contribution in [1.29, 1.82) is 0 Å². The Morgan fingerprint density at radius 3 is 2.69 bits per heavy atom. The maximum absolute atomic E-state index is 10.9. The van der Waals surface area contributed by atoms with Crippen LogP contribution in [0.25, 0.3) is 0 Å². The Labute approximate surface area is 167 Å². The Bertz CT molecular complexity index is 1070. The van der Waals surface area contributed by atoms with E-state index < -0.39 is 4.92 Å². The fourth-order valence-electron chi connectivity index (χ4n) is 2.80. The molecule has 1 aromatic heterocycles. The summed E-state index contributed by atoms with van der Waals surface area (Å²) in [6.45, 7) is 3.74. The average Bonchev–Trinajstić information content (AvgIpc) is 3.01. The Kier molecular flexibility index (Phi) is 5.77. The lowest BCUT2D eigenvalue weighted by Crippen LogP contribution is -2.01. The monoisotopic (exact) mass is 395 g/mol. The molecule has 0 radical (unpaired) electrons. The molecule has 0 aliphatic carbocycles. The molecule has 0 amide bonds. The molecular formula is C20H21N5O4. The number of ether oxygens (including phenoxy) is 2. The zero-order valence-electron chi connectivity index (χ0n) is 16.3. The fraction of sp³-hybridized carbons (Fsp3) is 0.200. The largest absolute Gasteiger partial charge is 0.496 e. The van der Waals surface area contributed by atoms with Crippen LogP contribution in [-0.2, 0) is 6.61 Å². The van der Waals surface area contributed by atoms with Gasteiger partial charge in [0.05, 0.1) is 30.1 Å². The second-order valence-corrected chi connectivity index (χ2v) is 6.39. The van der Waals surface area contributed by atoms with Crippen LogP contribution in [0.1, 0.15) is 22.4 Å². The molecule has 0 bridgehead atoms. The smallest absolute Gasteiger partial charge is 0.272 e. The highest BCUT2D eigenvalue weighted by atomic mass is 16.6. The summed E-state index contributed by atoms with van der Waals surface area (Å²) in [4.78, 5) is 14.6. The lowest BCUT2D eigenvalue weighted by molar-refractivity contribution is -0.385. The van der Waals surface area contributed by atoms with Crippen molar-refractivity contribution in [3.8, 4) is 11.5 Å². The number of aryl methyl sites for hydroxylation is 2. The van der Waals surface area contributed by atoms with Crippen molar-refractivity contribution in [3.63, 3.8) is 0 Å². The number of nitro groups is 1. The zero-order chi connectivity index (χ0) is 21.0. The number of nitro benzene ring substituents is 1. The highest BCUT2D eigenvalue weighted by Gasteiger charge is 2.11. The van der Waals surface area contributed by atoms with Crippen molar-refractivity contribution in [1.82, 2.24) is 9.66 Å². The van der Waals surface area contributed by atoms with Crippen molar-refractivity contribution in [2.45, 2.75) is 20.5 Å². The quantitative estimate of drug-likeness (QED) is 0.372. The van der Waals surface area contributed by atoms with Gasteiger partial charge in [0.25, 0.3) is 5.69 Å². The van der Waals surface area contributed by atoms with Gasteiger partial charge >= 0.3 is 0 Å². The first kappa shape index (κ1) is 19.9. The van der Waals surface area contributed by atoms with Gasteiger partial charge in [-0.15, -0.1) is 0 Å². The summed E-state index contributed by atoms with van der Waals surface area (Å²) >= 11 is 0. The van der Waals surface area contributed by atoms with Crippen LogP contribution < -0.4 is 15.2 Å². The Hall–Kier alpha value is -3.88. The molecule has 3 rings (SSSR count). The first-order chi connectivity index (χ1) is 13.9. The van der Waals surface area contributed by atoms with Gasteiger partial charge in [-0.05, 0) is 49.7 Å². The number of methoxy groups -OCH3 is 1.